The van der Waals surface area contributed by atoms with Crippen molar-refractivity contribution in [2.75, 3.05) is 20.3 Å². The zero-order valence-corrected chi connectivity index (χ0v) is 12.1. The highest BCUT2D eigenvalue weighted by atomic mass is 16.6. The molecule has 0 saturated heterocycles. The minimum absolute atomic E-state index is 0.536. The van der Waals surface area contributed by atoms with Gasteiger partial charge in [0.15, 0.2) is 11.5 Å². The first-order valence-corrected chi connectivity index (χ1v) is 6.91. The Morgan fingerprint density at radius 3 is 2.52 bits per heavy atom. The fourth-order valence-electron chi connectivity index (χ4n) is 2.49. The van der Waals surface area contributed by atoms with Crippen LogP contribution in [0.1, 0.15) is 22.8 Å². The summed E-state index contributed by atoms with van der Waals surface area (Å²) in [5, 5.41) is 10.6. The molecule has 1 aliphatic heterocycles. The van der Waals surface area contributed by atoms with E-state index in [1.807, 2.05) is 43.3 Å². The maximum atomic E-state index is 10.6. The van der Waals surface area contributed by atoms with Crippen molar-refractivity contribution in [1.82, 2.24) is 0 Å². The van der Waals surface area contributed by atoms with E-state index in [0.29, 0.717) is 19.0 Å². The molecule has 0 aliphatic carbocycles. The average Bonchev–Trinajstić information content (AvgIpc) is 2.53. The van der Waals surface area contributed by atoms with Gasteiger partial charge in [-0.1, -0.05) is 12.1 Å². The molecule has 1 unspecified atom stereocenters. The van der Waals surface area contributed by atoms with E-state index in [9.17, 15) is 5.11 Å². The monoisotopic (exact) mass is 286 g/mol. The van der Waals surface area contributed by atoms with Crippen LogP contribution in [0.5, 0.6) is 17.2 Å². The number of benzene rings is 2. The first-order chi connectivity index (χ1) is 10.2. The first-order valence-electron chi connectivity index (χ1n) is 6.91. The molecule has 0 amide bonds. The summed E-state index contributed by atoms with van der Waals surface area (Å²) >= 11 is 0. The molecule has 21 heavy (non-hydrogen) atoms. The highest BCUT2D eigenvalue weighted by Gasteiger charge is 2.18. The highest BCUT2D eigenvalue weighted by molar-refractivity contribution is 5.47. The predicted octanol–water partition coefficient (Wildman–Crippen LogP) is 2.86. The first kappa shape index (κ1) is 13.8. The molecule has 110 valence electrons. The Morgan fingerprint density at radius 2 is 1.81 bits per heavy atom. The van der Waals surface area contributed by atoms with Gasteiger partial charge in [0.25, 0.3) is 0 Å². The van der Waals surface area contributed by atoms with Crippen molar-refractivity contribution in [3.8, 4) is 17.2 Å². The molecule has 4 heteroatoms. The van der Waals surface area contributed by atoms with Gasteiger partial charge in [0, 0.05) is 0 Å². The summed E-state index contributed by atoms with van der Waals surface area (Å²) in [4.78, 5) is 0. The van der Waals surface area contributed by atoms with Crippen molar-refractivity contribution in [3.05, 3.63) is 53.1 Å². The number of aryl methyl sites for hydroxylation is 1. The number of ether oxygens (including phenoxy) is 3. The van der Waals surface area contributed by atoms with Gasteiger partial charge < -0.3 is 19.3 Å². The average molecular weight is 286 g/mol. The van der Waals surface area contributed by atoms with Crippen LogP contribution >= 0.6 is 0 Å². The van der Waals surface area contributed by atoms with Gasteiger partial charge in [0.2, 0.25) is 0 Å². The van der Waals surface area contributed by atoms with Gasteiger partial charge >= 0.3 is 0 Å². The van der Waals surface area contributed by atoms with Crippen LogP contribution in [0.4, 0.5) is 0 Å². The van der Waals surface area contributed by atoms with Gasteiger partial charge in [-0.2, -0.15) is 0 Å². The molecular weight excluding hydrogens is 268 g/mol. The van der Waals surface area contributed by atoms with Crippen LogP contribution in [0.3, 0.4) is 0 Å². The summed E-state index contributed by atoms with van der Waals surface area (Å²) in [5.41, 5.74) is 2.62. The zero-order valence-electron chi connectivity index (χ0n) is 12.1. The lowest BCUT2D eigenvalue weighted by molar-refractivity contribution is 0.169. The summed E-state index contributed by atoms with van der Waals surface area (Å²) in [6, 6.07) is 11.2. The molecule has 1 aliphatic rings. The fourth-order valence-corrected chi connectivity index (χ4v) is 2.49. The summed E-state index contributed by atoms with van der Waals surface area (Å²) in [5.74, 6) is 2.19. The third kappa shape index (κ3) is 2.67. The predicted molar refractivity (Wildman–Crippen MR) is 79.2 cm³/mol. The van der Waals surface area contributed by atoms with Crippen LogP contribution in [0.2, 0.25) is 0 Å². The molecule has 0 fully saturated rings. The molecule has 1 heterocycles. The number of fused-ring (bicyclic) bond motifs is 1. The smallest absolute Gasteiger partial charge is 0.161 e. The van der Waals surface area contributed by atoms with Crippen LogP contribution in [-0.2, 0) is 0 Å². The molecule has 2 aromatic rings. The molecule has 2 aromatic carbocycles. The number of methoxy groups -OCH3 is 1. The second kappa shape index (κ2) is 5.66. The molecular formula is C17H18O4. The number of hydrogen-bond donors (Lipinski definition) is 1. The highest BCUT2D eigenvalue weighted by Crippen LogP contribution is 2.35. The molecule has 1 N–H and O–H groups in total. The lowest BCUT2D eigenvalue weighted by Crippen LogP contribution is -2.15. The molecule has 1 atom stereocenters. The summed E-state index contributed by atoms with van der Waals surface area (Å²) in [6.07, 6.45) is -0.702. The standard InChI is InChI=1S/C17H18O4/c1-11-9-13(19-2)4-5-14(11)17(18)12-3-6-15-16(10-12)21-8-7-20-15/h3-6,9-10,17-18H,7-8H2,1-2H3. The Hall–Kier alpha value is -2.20. The SMILES string of the molecule is COc1ccc(C(O)c2ccc3c(c2)OCCO3)c(C)c1. The molecule has 0 bridgehead atoms. The second-order valence-corrected chi connectivity index (χ2v) is 5.03. The van der Waals surface area contributed by atoms with Crippen molar-refractivity contribution in [1.29, 1.82) is 0 Å². The van der Waals surface area contributed by atoms with E-state index >= 15 is 0 Å². The molecule has 0 spiro atoms. The van der Waals surface area contributed by atoms with Gasteiger partial charge in [-0.3, -0.25) is 0 Å². The maximum Gasteiger partial charge on any atom is 0.161 e. The molecule has 3 rings (SSSR count). The Kier molecular flexibility index (Phi) is 3.71. The van der Waals surface area contributed by atoms with E-state index < -0.39 is 6.10 Å². The Morgan fingerprint density at radius 1 is 1.05 bits per heavy atom. The number of hydrogen-bond acceptors (Lipinski definition) is 4. The minimum atomic E-state index is -0.702. The Balaban J connectivity index is 1.93. The van der Waals surface area contributed by atoms with Crippen LogP contribution in [0.15, 0.2) is 36.4 Å². The Bertz CT molecular complexity index is 651. The van der Waals surface area contributed by atoms with Gasteiger partial charge in [0.1, 0.15) is 25.1 Å². The van der Waals surface area contributed by atoms with Gasteiger partial charge in [-0.25, -0.2) is 0 Å². The topological polar surface area (TPSA) is 47.9 Å². The third-order valence-corrected chi connectivity index (χ3v) is 3.65. The van der Waals surface area contributed by atoms with Crippen molar-refractivity contribution >= 4 is 0 Å². The van der Waals surface area contributed by atoms with Crippen LogP contribution in [-0.4, -0.2) is 25.4 Å². The number of aliphatic hydroxyl groups excluding tert-OH is 1. The summed E-state index contributed by atoms with van der Waals surface area (Å²) in [7, 11) is 1.63. The lowest BCUT2D eigenvalue weighted by atomic mass is 9.97. The number of rotatable bonds is 3. The third-order valence-electron chi connectivity index (χ3n) is 3.65. The summed E-state index contributed by atoms with van der Waals surface area (Å²) in [6.45, 7) is 3.06. The van der Waals surface area contributed by atoms with Gasteiger partial charge in [-0.15, -0.1) is 0 Å². The van der Waals surface area contributed by atoms with Crippen molar-refractivity contribution in [2.45, 2.75) is 13.0 Å². The minimum Gasteiger partial charge on any atom is -0.497 e. The maximum absolute atomic E-state index is 10.6. The summed E-state index contributed by atoms with van der Waals surface area (Å²) < 4.78 is 16.2. The molecule has 0 radical (unpaired) electrons. The van der Waals surface area contributed by atoms with Gasteiger partial charge in [-0.05, 0) is 47.9 Å². The molecule has 4 nitrogen and oxygen atoms in total. The Labute approximate surface area is 123 Å². The normalized spacial score (nSPS) is 14.6. The number of aliphatic hydroxyl groups is 1. The van der Waals surface area contributed by atoms with Crippen LogP contribution in [0, 0.1) is 6.92 Å². The lowest BCUT2D eigenvalue weighted by Gasteiger charge is -2.21. The van der Waals surface area contributed by atoms with E-state index in [1.54, 1.807) is 7.11 Å². The fraction of sp³-hybridized carbons (Fsp3) is 0.294. The van der Waals surface area contributed by atoms with Crippen LogP contribution < -0.4 is 14.2 Å². The van der Waals surface area contributed by atoms with Crippen molar-refractivity contribution < 1.29 is 19.3 Å². The largest absolute Gasteiger partial charge is 0.497 e. The van der Waals surface area contributed by atoms with Gasteiger partial charge in [0.05, 0.1) is 7.11 Å². The van der Waals surface area contributed by atoms with Crippen LogP contribution in [0.25, 0.3) is 0 Å². The quantitative estimate of drug-likeness (QED) is 0.942. The van der Waals surface area contributed by atoms with E-state index in [2.05, 4.69) is 0 Å². The van der Waals surface area contributed by atoms with E-state index in [-0.39, 0.29) is 0 Å². The van der Waals surface area contributed by atoms with E-state index in [4.69, 9.17) is 14.2 Å². The molecule has 0 saturated carbocycles. The zero-order chi connectivity index (χ0) is 14.8. The molecule has 0 aromatic heterocycles. The second-order valence-electron chi connectivity index (χ2n) is 5.03. The van der Waals surface area contributed by atoms with E-state index in [1.165, 1.54) is 0 Å². The van der Waals surface area contributed by atoms with E-state index in [0.717, 1.165) is 28.2 Å². The van der Waals surface area contributed by atoms with Crippen molar-refractivity contribution in [3.63, 3.8) is 0 Å². The van der Waals surface area contributed by atoms with Crippen molar-refractivity contribution in [2.24, 2.45) is 0 Å².